The van der Waals surface area contributed by atoms with Crippen LogP contribution >= 0.6 is 0 Å². The molecule has 2 aromatic carbocycles. The molecule has 0 saturated carbocycles. The van der Waals surface area contributed by atoms with Crippen LogP contribution in [0.1, 0.15) is 12.5 Å². The van der Waals surface area contributed by atoms with Gasteiger partial charge in [-0.3, -0.25) is 15.5 Å². The Morgan fingerprint density at radius 1 is 1.24 bits per heavy atom. The van der Waals surface area contributed by atoms with Gasteiger partial charge in [-0.15, -0.1) is 0 Å². The summed E-state index contributed by atoms with van der Waals surface area (Å²) in [6.45, 7) is 2.46. The fourth-order valence-corrected chi connectivity index (χ4v) is 4.41. The van der Waals surface area contributed by atoms with Crippen molar-refractivity contribution in [2.45, 2.75) is 11.8 Å². The van der Waals surface area contributed by atoms with Gasteiger partial charge in [-0.2, -0.15) is 9.41 Å². The van der Waals surface area contributed by atoms with Gasteiger partial charge in [0.15, 0.2) is 0 Å². The van der Waals surface area contributed by atoms with Gasteiger partial charge in [-0.25, -0.2) is 8.42 Å². The Morgan fingerprint density at radius 2 is 1.93 bits per heavy atom. The van der Waals surface area contributed by atoms with Crippen LogP contribution in [0, 0.1) is 10.1 Å². The van der Waals surface area contributed by atoms with Crippen LogP contribution in [-0.4, -0.2) is 54.8 Å². The number of ether oxygens (including phenoxy) is 1. The zero-order valence-electron chi connectivity index (χ0n) is 15.6. The predicted molar refractivity (Wildman–Crippen MR) is 107 cm³/mol. The summed E-state index contributed by atoms with van der Waals surface area (Å²) in [7, 11) is -4.00. The zero-order chi connectivity index (χ0) is 21.0. The molecule has 1 aliphatic heterocycles. The van der Waals surface area contributed by atoms with Crippen molar-refractivity contribution >= 4 is 27.1 Å². The average molecular weight is 420 g/mol. The minimum absolute atomic E-state index is 0.0282. The highest BCUT2D eigenvalue weighted by Gasteiger charge is 2.30. The van der Waals surface area contributed by atoms with E-state index in [0.29, 0.717) is 11.3 Å². The first kappa shape index (κ1) is 20.7. The van der Waals surface area contributed by atoms with Gasteiger partial charge in [0.25, 0.3) is 5.69 Å². The number of nitrogens with one attached hydrogen (secondary N) is 1. The molecular formula is C18H20N4O6S. The van der Waals surface area contributed by atoms with Gasteiger partial charge >= 0.3 is 0 Å². The van der Waals surface area contributed by atoms with Crippen LogP contribution < -0.4 is 5.43 Å². The Kier molecular flexibility index (Phi) is 6.11. The van der Waals surface area contributed by atoms with E-state index < -0.39 is 14.9 Å². The Balaban J connectivity index is 1.99. The fourth-order valence-electron chi connectivity index (χ4n) is 2.84. The third-order valence-electron chi connectivity index (χ3n) is 4.40. The number of para-hydroxylation sites is 1. The summed E-state index contributed by atoms with van der Waals surface area (Å²) in [5.74, 6) is 0.0282. The van der Waals surface area contributed by atoms with Gasteiger partial charge < -0.3 is 9.84 Å². The van der Waals surface area contributed by atoms with Crippen molar-refractivity contribution in [3.63, 3.8) is 0 Å². The number of nitro benzene ring substituents is 1. The maximum absolute atomic E-state index is 13.1. The first-order valence-corrected chi connectivity index (χ1v) is 10.2. The summed E-state index contributed by atoms with van der Waals surface area (Å²) in [5, 5.41) is 25.2. The second-order valence-electron chi connectivity index (χ2n) is 6.28. The van der Waals surface area contributed by atoms with Gasteiger partial charge in [0, 0.05) is 30.8 Å². The zero-order valence-corrected chi connectivity index (χ0v) is 16.4. The maximum atomic E-state index is 13.1. The van der Waals surface area contributed by atoms with Gasteiger partial charge in [0.1, 0.15) is 10.6 Å². The second kappa shape index (κ2) is 8.55. The molecule has 0 radical (unpaired) electrons. The highest BCUT2D eigenvalue weighted by Crippen LogP contribution is 2.30. The molecule has 154 valence electrons. The van der Waals surface area contributed by atoms with Crippen LogP contribution in [0.25, 0.3) is 0 Å². The predicted octanol–water partition coefficient (Wildman–Crippen LogP) is 2.16. The number of nitro groups is 1. The van der Waals surface area contributed by atoms with Crippen molar-refractivity contribution in [1.29, 1.82) is 0 Å². The number of hydrogen-bond donors (Lipinski definition) is 2. The van der Waals surface area contributed by atoms with Crippen LogP contribution in [0.2, 0.25) is 0 Å². The highest BCUT2D eigenvalue weighted by atomic mass is 32.2. The fraction of sp³-hybridized carbons (Fsp3) is 0.278. The van der Waals surface area contributed by atoms with E-state index in [9.17, 15) is 23.6 Å². The highest BCUT2D eigenvalue weighted by molar-refractivity contribution is 7.89. The van der Waals surface area contributed by atoms with Crippen LogP contribution in [0.5, 0.6) is 5.75 Å². The summed E-state index contributed by atoms with van der Waals surface area (Å²) >= 11 is 0. The van der Waals surface area contributed by atoms with Crippen molar-refractivity contribution < 1.29 is 23.2 Å². The lowest BCUT2D eigenvalue weighted by Gasteiger charge is -2.26. The van der Waals surface area contributed by atoms with Crippen LogP contribution in [0.3, 0.4) is 0 Å². The van der Waals surface area contributed by atoms with E-state index >= 15 is 0 Å². The molecule has 3 rings (SSSR count). The largest absolute Gasteiger partial charge is 0.507 e. The van der Waals surface area contributed by atoms with Crippen molar-refractivity contribution in [3.8, 4) is 5.75 Å². The number of rotatable bonds is 6. The number of phenols is 1. The molecule has 0 atom stereocenters. The summed E-state index contributed by atoms with van der Waals surface area (Å²) in [6.07, 6.45) is 0. The lowest BCUT2D eigenvalue weighted by molar-refractivity contribution is -0.385. The number of morpholine rings is 1. The van der Waals surface area contributed by atoms with E-state index in [1.165, 1.54) is 22.5 Å². The van der Waals surface area contributed by atoms with E-state index in [0.717, 1.165) is 6.07 Å². The summed E-state index contributed by atoms with van der Waals surface area (Å²) < 4.78 is 32.6. The molecule has 0 aromatic heterocycles. The number of benzene rings is 2. The molecule has 0 aliphatic carbocycles. The molecule has 1 fully saturated rings. The van der Waals surface area contributed by atoms with Crippen molar-refractivity contribution in [2.75, 3.05) is 31.7 Å². The van der Waals surface area contributed by atoms with Crippen molar-refractivity contribution in [3.05, 3.63) is 58.1 Å². The van der Waals surface area contributed by atoms with Gasteiger partial charge in [0.05, 0.1) is 29.5 Å². The minimum atomic E-state index is -4.00. The van der Waals surface area contributed by atoms with Crippen LogP contribution in [-0.2, 0) is 14.8 Å². The van der Waals surface area contributed by atoms with Crippen molar-refractivity contribution in [1.82, 2.24) is 4.31 Å². The molecule has 0 amide bonds. The van der Waals surface area contributed by atoms with E-state index in [-0.39, 0.29) is 48.3 Å². The molecule has 1 heterocycles. The lowest BCUT2D eigenvalue weighted by Crippen LogP contribution is -2.40. The Hall–Kier alpha value is -3.02. The number of hydrazone groups is 1. The standard InChI is InChI=1S/C18H20N4O6S/c1-13(15-4-2-3-5-17(15)23)19-20-16-7-6-14(22(24)25)12-18(16)29(26,27)21-8-10-28-11-9-21/h2-7,12,20,23H,8-11H2,1H3/b19-13+. The average Bonchev–Trinajstić information content (AvgIpc) is 2.72. The number of nitrogens with zero attached hydrogens (tertiary/aromatic N) is 3. The number of phenolic OH excluding ortho intramolecular Hbond substituents is 1. The molecule has 2 N–H and O–H groups in total. The number of anilines is 1. The molecule has 0 bridgehead atoms. The Morgan fingerprint density at radius 3 is 2.59 bits per heavy atom. The number of non-ortho nitro benzene ring substituents is 1. The SMILES string of the molecule is C/C(=N\Nc1ccc([N+](=O)[O-])cc1S(=O)(=O)N1CCOCC1)c1ccccc1O. The topological polar surface area (TPSA) is 134 Å². The number of aromatic hydroxyl groups is 1. The quantitative estimate of drug-likeness (QED) is 0.415. The normalized spacial score (nSPS) is 15.8. The van der Waals surface area contributed by atoms with Crippen molar-refractivity contribution in [2.24, 2.45) is 5.10 Å². The Bertz CT molecular complexity index is 1050. The van der Waals surface area contributed by atoms with E-state index in [4.69, 9.17) is 4.74 Å². The lowest BCUT2D eigenvalue weighted by atomic mass is 10.1. The molecule has 1 aliphatic rings. The third kappa shape index (κ3) is 4.53. The summed E-state index contributed by atoms with van der Waals surface area (Å²) in [6, 6.07) is 10.1. The van der Waals surface area contributed by atoms with Gasteiger partial charge in [0.2, 0.25) is 10.0 Å². The number of hydrogen-bond acceptors (Lipinski definition) is 8. The smallest absolute Gasteiger partial charge is 0.270 e. The van der Waals surface area contributed by atoms with E-state index in [1.807, 2.05) is 0 Å². The minimum Gasteiger partial charge on any atom is -0.507 e. The maximum Gasteiger partial charge on any atom is 0.270 e. The van der Waals surface area contributed by atoms with E-state index in [1.54, 1.807) is 25.1 Å². The third-order valence-corrected chi connectivity index (χ3v) is 6.34. The molecule has 1 saturated heterocycles. The van der Waals surface area contributed by atoms with Gasteiger partial charge in [-0.1, -0.05) is 12.1 Å². The molecule has 29 heavy (non-hydrogen) atoms. The molecule has 2 aromatic rings. The van der Waals surface area contributed by atoms with E-state index in [2.05, 4.69) is 10.5 Å². The first-order valence-electron chi connectivity index (χ1n) is 8.75. The summed E-state index contributed by atoms with van der Waals surface area (Å²) in [5.41, 5.74) is 3.30. The Labute approximate surface area is 167 Å². The second-order valence-corrected chi connectivity index (χ2v) is 8.19. The monoisotopic (exact) mass is 420 g/mol. The van der Waals surface area contributed by atoms with Gasteiger partial charge in [-0.05, 0) is 25.1 Å². The number of sulfonamides is 1. The molecule has 10 nitrogen and oxygen atoms in total. The van der Waals surface area contributed by atoms with Crippen LogP contribution in [0.4, 0.5) is 11.4 Å². The molecule has 11 heteroatoms. The molecular weight excluding hydrogens is 400 g/mol. The first-order chi connectivity index (χ1) is 13.8. The molecule has 0 spiro atoms. The molecule has 0 unspecified atom stereocenters. The van der Waals surface area contributed by atoms with Crippen LogP contribution in [0.15, 0.2) is 52.5 Å². The summed E-state index contributed by atoms with van der Waals surface area (Å²) in [4.78, 5) is 10.3.